The number of fused-ring (bicyclic) bond motifs is 1. The van der Waals surface area contributed by atoms with E-state index in [2.05, 4.69) is 4.98 Å². The highest BCUT2D eigenvalue weighted by molar-refractivity contribution is 5.98. The number of nitrogens with two attached hydrogens (primary N) is 1. The van der Waals surface area contributed by atoms with Crippen molar-refractivity contribution in [3.63, 3.8) is 0 Å². The van der Waals surface area contributed by atoms with Gasteiger partial charge in [0, 0.05) is 6.20 Å². The van der Waals surface area contributed by atoms with Gasteiger partial charge in [-0.15, -0.1) is 0 Å². The predicted octanol–water partition coefficient (Wildman–Crippen LogP) is 1.69. The molecule has 0 aromatic carbocycles. The molecule has 2 N–H and O–H groups in total. The SMILES string of the molecule is NC(=O)c1nc(-c2ccco2)n2ccccc12. The van der Waals surface area contributed by atoms with Gasteiger partial charge in [0.1, 0.15) is 0 Å². The number of amides is 1. The third-order valence-corrected chi connectivity index (χ3v) is 2.52. The molecule has 1 amide bonds. The molecular formula is C12H9N3O2. The van der Waals surface area contributed by atoms with E-state index < -0.39 is 5.91 Å². The molecule has 3 aromatic rings. The van der Waals surface area contributed by atoms with E-state index in [0.717, 1.165) is 0 Å². The number of rotatable bonds is 2. The minimum atomic E-state index is -0.550. The molecule has 0 spiro atoms. The number of imidazole rings is 1. The summed E-state index contributed by atoms with van der Waals surface area (Å²) >= 11 is 0. The van der Waals surface area contributed by atoms with Gasteiger partial charge in [-0.05, 0) is 24.3 Å². The highest BCUT2D eigenvalue weighted by Gasteiger charge is 2.16. The minimum absolute atomic E-state index is 0.247. The molecule has 0 aliphatic heterocycles. The zero-order valence-corrected chi connectivity index (χ0v) is 8.83. The van der Waals surface area contributed by atoms with Crippen molar-refractivity contribution in [2.45, 2.75) is 0 Å². The van der Waals surface area contributed by atoms with Crippen LogP contribution in [0.15, 0.2) is 47.2 Å². The van der Waals surface area contributed by atoms with Gasteiger partial charge in [0.25, 0.3) is 5.91 Å². The fourth-order valence-electron chi connectivity index (χ4n) is 1.80. The van der Waals surface area contributed by atoms with Gasteiger partial charge in [0.05, 0.1) is 11.8 Å². The molecule has 0 aliphatic carbocycles. The van der Waals surface area contributed by atoms with Crippen molar-refractivity contribution in [3.8, 4) is 11.6 Å². The van der Waals surface area contributed by atoms with Crippen LogP contribution in [-0.4, -0.2) is 15.3 Å². The maximum atomic E-state index is 11.3. The van der Waals surface area contributed by atoms with Crippen LogP contribution in [0.3, 0.4) is 0 Å². The van der Waals surface area contributed by atoms with Crippen LogP contribution in [-0.2, 0) is 0 Å². The van der Waals surface area contributed by atoms with E-state index in [0.29, 0.717) is 17.1 Å². The fraction of sp³-hybridized carbons (Fsp3) is 0. The number of hydrogen-bond acceptors (Lipinski definition) is 3. The summed E-state index contributed by atoms with van der Waals surface area (Å²) in [6, 6.07) is 9.02. The molecule has 0 aliphatic rings. The van der Waals surface area contributed by atoms with E-state index in [9.17, 15) is 4.79 Å². The molecule has 0 fully saturated rings. The van der Waals surface area contributed by atoms with Gasteiger partial charge in [-0.25, -0.2) is 4.98 Å². The Balaban J connectivity index is 2.37. The number of furan rings is 1. The Bertz CT molecular complexity index is 683. The molecular weight excluding hydrogens is 218 g/mol. The summed E-state index contributed by atoms with van der Waals surface area (Å²) in [5.41, 5.74) is 6.22. The van der Waals surface area contributed by atoms with Crippen LogP contribution in [0, 0.1) is 0 Å². The van der Waals surface area contributed by atoms with Gasteiger partial charge in [0.2, 0.25) is 0 Å². The first-order valence-electron chi connectivity index (χ1n) is 5.08. The average molecular weight is 227 g/mol. The van der Waals surface area contributed by atoms with Crippen LogP contribution in [0.4, 0.5) is 0 Å². The standard InChI is InChI=1S/C12H9N3O2/c13-11(16)10-8-4-1-2-6-15(8)12(14-10)9-5-3-7-17-9/h1-7H,(H2,13,16). The summed E-state index contributed by atoms with van der Waals surface area (Å²) in [5, 5.41) is 0. The van der Waals surface area contributed by atoms with Gasteiger partial charge in [-0.1, -0.05) is 6.07 Å². The van der Waals surface area contributed by atoms with Gasteiger partial charge in [-0.3, -0.25) is 9.20 Å². The Morgan fingerprint density at radius 3 is 2.88 bits per heavy atom. The summed E-state index contributed by atoms with van der Waals surface area (Å²) in [5.74, 6) is 0.615. The second kappa shape index (κ2) is 3.48. The molecule has 5 nitrogen and oxygen atoms in total. The molecule has 0 unspecified atom stereocenters. The lowest BCUT2D eigenvalue weighted by Crippen LogP contribution is -2.11. The van der Waals surface area contributed by atoms with Gasteiger partial charge >= 0.3 is 0 Å². The number of carbonyl (C=O) groups is 1. The second-order valence-corrected chi connectivity index (χ2v) is 3.58. The number of aromatic nitrogens is 2. The third-order valence-electron chi connectivity index (χ3n) is 2.52. The van der Waals surface area contributed by atoms with Gasteiger partial charge in [-0.2, -0.15) is 0 Å². The normalized spacial score (nSPS) is 10.8. The summed E-state index contributed by atoms with van der Waals surface area (Å²) in [4.78, 5) is 15.5. The highest BCUT2D eigenvalue weighted by Crippen LogP contribution is 2.22. The van der Waals surface area contributed by atoms with Crippen molar-refractivity contribution in [1.29, 1.82) is 0 Å². The maximum absolute atomic E-state index is 11.3. The lowest BCUT2D eigenvalue weighted by Gasteiger charge is -1.96. The lowest BCUT2D eigenvalue weighted by atomic mass is 10.3. The quantitative estimate of drug-likeness (QED) is 0.724. The molecule has 5 heteroatoms. The van der Waals surface area contributed by atoms with E-state index in [1.54, 1.807) is 28.9 Å². The third kappa shape index (κ3) is 1.40. The van der Waals surface area contributed by atoms with Crippen LogP contribution in [0.1, 0.15) is 10.5 Å². The number of pyridine rings is 1. The molecule has 84 valence electrons. The van der Waals surface area contributed by atoms with E-state index in [4.69, 9.17) is 10.2 Å². The Morgan fingerprint density at radius 1 is 1.29 bits per heavy atom. The Hall–Kier alpha value is -2.56. The largest absolute Gasteiger partial charge is 0.461 e. The molecule has 0 saturated heterocycles. The first-order chi connectivity index (χ1) is 8.27. The summed E-state index contributed by atoms with van der Waals surface area (Å²) in [6.07, 6.45) is 3.37. The lowest BCUT2D eigenvalue weighted by molar-refractivity contribution is 0.0997. The van der Waals surface area contributed by atoms with Crippen LogP contribution in [0.25, 0.3) is 17.1 Å². The molecule has 3 rings (SSSR count). The van der Waals surface area contributed by atoms with Crippen molar-refractivity contribution in [2.75, 3.05) is 0 Å². The molecule has 17 heavy (non-hydrogen) atoms. The van der Waals surface area contributed by atoms with Crippen molar-refractivity contribution in [1.82, 2.24) is 9.38 Å². The van der Waals surface area contributed by atoms with Crippen LogP contribution < -0.4 is 5.73 Å². The molecule has 0 atom stereocenters. The molecule has 3 heterocycles. The average Bonchev–Trinajstić information content (AvgIpc) is 2.95. The van der Waals surface area contributed by atoms with Gasteiger partial charge in [0.15, 0.2) is 17.3 Å². The Kier molecular flexibility index (Phi) is 1.98. The number of primary amides is 1. The van der Waals surface area contributed by atoms with Crippen LogP contribution >= 0.6 is 0 Å². The van der Waals surface area contributed by atoms with Crippen LogP contribution in [0.2, 0.25) is 0 Å². The smallest absolute Gasteiger partial charge is 0.269 e. The second-order valence-electron chi connectivity index (χ2n) is 3.58. The highest BCUT2D eigenvalue weighted by atomic mass is 16.3. The monoisotopic (exact) mass is 227 g/mol. The molecule has 0 bridgehead atoms. The summed E-state index contributed by atoms with van der Waals surface area (Å²) in [6.45, 7) is 0. The summed E-state index contributed by atoms with van der Waals surface area (Å²) in [7, 11) is 0. The predicted molar refractivity (Wildman–Crippen MR) is 61.4 cm³/mol. The topological polar surface area (TPSA) is 73.5 Å². The van der Waals surface area contributed by atoms with Crippen molar-refractivity contribution < 1.29 is 9.21 Å². The van der Waals surface area contributed by atoms with Crippen molar-refractivity contribution in [2.24, 2.45) is 5.73 Å². The molecule has 3 aromatic heterocycles. The Labute approximate surface area is 96.5 Å². The maximum Gasteiger partial charge on any atom is 0.269 e. The van der Waals surface area contributed by atoms with Crippen molar-refractivity contribution >= 4 is 11.4 Å². The van der Waals surface area contributed by atoms with E-state index in [-0.39, 0.29) is 5.69 Å². The first-order valence-corrected chi connectivity index (χ1v) is 5.08. The van der Waals surface area contributed by atoms with E-state index in [1.165, 1.54) is 0 Å². The number of carbonyl (C=O) groups excluding carboxylic acids is 1. The molecule has 0 saturated carbocycles. The van der Waals surface area contributed by atoms with E-state index in [1.807, 2.05) is 18.3 Å². The van der Waals surface area contributed by atoms with Crippen LogP contribution in [0.5, 0.6) is 0 Å². The zero-order valence-electron chi connectivity index (χ0n) is 8.83. The first kappa shape index (κ1) is 9.65. The summed E-state index contributed by atoms with van der Waals surface area (Å²) < 4.78 is 7.06. The van der Waals surface area contributed by atoms with Gasteiger partial charge < -0.3 is 10.2 Å². The zero-order chi connectivity index (χ0) is 11.8. The number of hydrogen-bond donors (Lipinski definition) is 1. The fourth-order valence-corrected chi connectivity index (χ4v) is 1.80. The Morgan fingerprint density at radius 2 is 2.18 bits per heavy atom. The minimum Gasteiger partial charge on any atom is -0.461 e. The van der Waals surface area contributed by atoms with E-state index >= 15 is 0 Å². The van der Waals surface area contributed by atoms with Crippen molar-refractivity contribution in [3.05, 3.63) is 48.5 Å². The molecule has 0 radical (unpaired) electrons. The number of nitrogens with zero attached hydrogens (tertiary/aromatic N) is 2.